The Balaban J connectivity index is 1.39. The first-order valence-corrected chi connectivity index (χ1v) is 14.1. The molecule has 6 rings (SSSR count). The molecule has 0 radical (unpaired) electrons. The van der Waals surface area contributed by atoms with Gasteiger partial charge >= 0.3 is 11.9 Å². The van der Waals surface area contributed by atoms with E-state index in [-0.39, 0.29) is 18.1 Å². The summed E-state index contributed by atoms with van der Waals surface area (Å²) in [5.41, 5.74) is 1.69. The molecule has 1 spiro atoms. The lowest BCUT2D eigenvalue weighted by Gasteiger charge is -2.34. The molecule has 1 atom stereocenters. The zero-order valence-electron chi connectivity index (χ0n) is 21.6. The van der Waals surface area contributed by atoms with Crippen molar-refractivity contribution in [1.29, 1.82) is 0 Å². The van der Waals surface area contributed by atoms with Crippen LogP contribution in [0.3, 0.4) is 0 Å². The van der Waals surface area contributed by atoms with Gasteiger partial charge in [0.25, 0.3) is 5.56 Å². The minimum Gasteiger partial charge on any atom is -0.489 e. The number of nitrogens with zero attached hydrogens (tertiary/aromatic N) is 3. The lowest BCUT2D eigenvalue weighted by molar-refractivity contribution is -0.141. The molecule has 2 aliphatic rings. The van der Waals surface area contributed by atoms with Gasteiger partial charge in [-0.25, -0.2) is 4.79 Å². The monoisotopic (exact) mass is 590 g/mol. The van der Waals surface area contributed by atoms with Crippen molar-refractivity contribution >= 4 is 33.2 Å². The molecule has 210 valence electrons. The highest BCUT2D eigenvalue weighted by atomic mass is 35.5. The van der Waals surface area contributed by atoms with E-state index in [1.165, 1.54) is 11.3 Å². The number of alkyl halides is 3. The van der Waals surface area contributed by atoms with E-state index in [0.29, 0.717) is 20.0 Å². The lowest BCUT2D eigenvalue weighted by Crippen LogP contribution is -2.44. The Bertz CT molecular complexity index is 1720. The van der Waals surface area contributed by atoms with Crippen molar-refractivity contribution in [3.05, 3.63) is 79.0 Å². The number of piperidine rings is 1. The number of aryl methyl sites for hydroxylation is 1. The normalized spacial score (nSPS) is 18.4. The van der Waals surface area contributed by atoms with Crippen LogP contribution in [0.5, 0.6) is 5.75 Å². The van der Waals surface area contributed by atoms with Crippen molar-refractivity contribution < 1.29 is 17.9 Å². The van der Waals surface area contributed by atoms with Gasteiger partial charge in [0.05, 0.1) is 16.8 Å². The van der Waals surface area contributed by atoms with Crippen LogP contribution in [0, 0.1) is 12.3 Å². The van der Waals surface area contributed by atoms with E-state index < -0.39 is 24.0 Å². The number of halogens is 4. The zero-order chi connectivity index (χ0) is 28.2. The molecule has 1 aliphatic heterocycles. The van der Waals surface area contributed by atoms with Gasteiger partial charge in [0.2, 0.25) is 0 Å². The van der Waals surface area contributed by atoms with Gasteiger partial charge in [0, 0.05) is 51.4 Å². The van der Waals surface area contributed by atoms with E-state index in [2.05, 4.69) is 10.3 Å². The summed E-state index contributed by atoms with van der Waals surface area (Å²) in [6.45, 7) is 2.16. The van der Waals surface area contributed by atoms with Crippen LogP contribution in [0.1, 0.15) is 29.7 Å². The predicted octanol–water partition coefficient (Wildman–Crippen LogP) is 5.38. The maximum atomic E-state index is 12.9. The molecule has 0 bridgehead atoms. The molecule has 1 saturated carbocycles. The Morgan fingerprint density at radius 1 is 1.20 bits per heavy atom. The second kappa shape index (κ2) is 10.0. The third-order valence-corrected chi connectivity index (χ3v) is 9.05. The number of benzene rings is 1. The molecule has 1 aliphatic carbocycles. The van der Waals surface area contributed by atoms with Crippen LogP contribution in [0.2, 0.25) is 5.02 Å². The van der Waals surface area contributed by atoms with E-state index in [1.807, 2.05) is 25.1 Å². The second-order valence-corrected chi connectivity index (χ2v) is 12.2. The summed E-state index contributed by atoms with van der Waals surface area (Å²) >= 11 is 7.84. The summed E-state index contributed by atoms with van der Waals surface area (Å²) in [7, 11) is 0. The van der Waals surface area contributed by atoms with E-state index in [4.69, 9.17) is 16.3 Å². The Morgan fingerprint density at radius 2 is 2.00 bits per heavy atom. The van der Waals surface area contributed by atoms with Crippen molar-refractivity contribution in [3.63, 3.8) is 0 Å². The third kappa shape index (κ3) is 5.17. The molecule has 1 saturated heterocycles. The van der Waals surface area contributed by atoms with Gasteiger partial charge in [0.15, 0.2) is 0 Å². The molecule has 0 amide bonds. The lowest BCUT2D eigenvalue weighted by atomic mass is 9.92. The molecule has 7 nitrogen and oxygen atoms in total. The van der Waals surface area contributed by atoms with Crippen LogP contribution in [-0.2, 0) is 13.1 Å². The largest absolute Gasteiger partial charge is 0.489 e. The SMILES string of the molecule is Cc1cc(Cl)cc(-c2ccnc3cc(Cn4c(=O)ccn(CC(F)(F)F)c4=O)sc23)c1OC1CCNCC12CC2. The van der Waals surface area contributed by atoms with Crippen LogP contribution in [0.4, 0.5) is 13.2 Å². The zero-order valence-corrected chi connectivity index (χ0v) is 23.1. The Morgan fingerprint density at radius 3 is 2.75 bits per heavy atom. The first-order valence-electron chi connectivity index (χ1n) is 13.0. The molecule has 1 N–H and O–H groups in total. The fraction of sp³-hybridized carbons (Fsp3) is 0.393. The Kier molecular flexibility index (Phi) is 6.79. The molecular weight excluding hydrogens is 565 g/mol. The molecule has 2 fully saturated rings. The Hall–Kier alpha value is -3.15. The number of thiophene rings is 1. The number of rotatable bonds is 6. The van der Waals surface area contributed by atoms with Crippen molar-refractivity contribution in [1.82, 2.24) is 19.4 Å². The van der Waals surface area contributed by atoms with Gasteiger partial charge in [0.1, 0.15) is 18.4 Å². The fourth-order valence-corrected chi connectivity index (χ4v) is 6.91. The predicted molar refractivity (Wildman–Crippen MR) is 148 cm³/mol. The summed E-state index contributed by atoms with van der Waals surface area (Å²) < 4.78 is 47.6. The van der Waals surface area contributed by atoms with Crippen molar-refractivity contribution in [3.8, 4) is 16.9 Å². The highest BCUT2D eigenvalue weighted by Crippen LogP contribution is 2.53. The van der Waals surface area contributed by atoms with Gasteiger partial charge in [-0.15, -0.1) is 11.3 Å². The van der Waals surface area contributed by atoms with Crippen molar-refractivity contribution in [2.75, 3.05) is 13.1 Å². The molecule has 4 aromatic rings. The summed E-state index contributed by atoms with van der Waals surface area (Å²) in [6, 6.07) is 8.35. The van der Waals surface area contributed by atoms with Gasteiger partial charge in [-0.1, -0.05) is 11.6 Å². The summed E-state index contributed by atoms with van der Waals surface area (Å²) in [4.78, 5) is 30.3. The number of hydrogen-bond acceptors (Lipinski definition) is 6. The van der Waals surface area contributed by atoms with Gasteiger partial charge in [-0.3, -0.25) is 18.9 Å². The van der Waals surface area contributed by atoms with Crippen molar-refractivity contribution in [2.45, 2.75) is 51.6 Å². The summed E-state index contributed by atoms with van der Waals surface area (Å²) in [6.07, 6.45) is 1.21. The molecule has 12 heteroatoms. The van der Waals surface area contributed by atoms with Gasteiger partial charge < -0.3 is 10.1 Å². The second-order valence-electron chi connectivity index (χ2n) is 10.6. The maximum Gasteiger partial charge on any atom is 0.406 e. The van der Waals surface area contributed by atoms with Crippen LogP contribution in [0.25, 0.3) is 21.3 Å². The average molecular weight is 591 g/mol. The molecule has 4 heterocycles. The number of hydrogen-bond donors (Lipinski definition) is 1. The minimum absolute atomic E-state index is 0.0902. The van der Waals surface area contributed by atoms with E-state index in [9.17, 15) is 22.8 Å². The smallest absolute Gasteiger partial charge is 0.406 e. The minimum atomic E-state index is -4.59. The fourth-order valence-electron chi connectivity index (χ4n) is 5.51. The van der Waals surface area contributed by atoms with Crippen molar-refractivity contribution in [2.24, 2.45) is 5.41 Å². The highest BCUT2D eigenvalue weighted by Gasteiger charge is 2.52. The highest BCUT2D eigenvalue weighted by molar-refractivity contribution is 7.19. The number of aromatic nitrogens is 3. The van der Waals surface area contributed by atoms with E-state index in [0.717, 1.165) is 76.3 Å². The molecule has 3 aromatic heterocycles. The summed E-state index contributed by atoms with van der Waals surface area (Å²) in [5.74, 6) is 0.763. The average Bonchev–Trinajstić information content (AvgIpc) is 3.53. The molecule has 1 unspecified atom stereocenters. The topological polar surface area (TPSA) is 78.2 Å². The maximum absolute atomic E-state index is 12.9. The number of nitrogens with one attached hydrogen (secondary N) is 1. The third-order valence-electron chi connectivity index (χ3n) is 7.69. The molecule has 1 aromatic carbocycles. The van der Waals surface area contributed by atoms with Gasteiger partial charge in [-0.2, -0.15) is 13.2 Å². The molecule has 40 heavy (non-hydrogen) atoms. The van der Waals surface area contributed by atoms with E-state index in [1.54, 1.807) is 12.3 Å². The first kappa shape index (κ1) is 27.0. The van der Waals surface area contributed by atoms with Crippen LogP contribution < -0.4 is 21.3 Å². The van der Waals surface area contributed by atoms with Crippen LogP contribution in [0.15, 0.2) is 52.3 Å². The van der Waals surface area contributed by atoms with Gasteiger partial charge in [-0.05, 0) is 62.6 Å². The van der Waals surface area contributed by atoms with E-state index >= 15 is 0 Å². The quantitative estimate of drug-likeness (QED) is 0.326. The Labute approximate surface area is 236 Å². The first-order chi connectivity index (χ1) is 19.0. The number of ether oxygens (including phenoxy) is 1. The standard InChI is InChI=1S/C28H26ClF3N4O3S/c1-16-10-17(29)11-20(24(16)39-22-3-7-33-14-27(22)5-6-27)19-2-8-34-21-12-18(40-25(19)21)13-36-23(37)4-9-35(26(36)38)15-28(30,31)32/h2,4,8-12,22,33H,3,5-7,13-15H2,1H3. The molecular formula is C28H26ClF3N4O3S. The number of fused-ring (bicyclic) bond motifs is 1. The van der Waals surface area contributed by atoms with Crippen LogP contribution in [-0.4, -0.2) is 39.5 Å². The van der Waals surface area contributed by atoms with Crippen LogP contribution >= 0.6 is 22.9 Å². The summed E-state index contributed by atoms with van der Waals surface area (Å²) in [5, 5.41) is 4.05. The number of pyridine rings is 1.